The average Bonchev–Trinajstić information content (AvgIpc) is 3.18. The van der Waals surface area contributed by atoms with Gasteiger partial charge in [-0.1, -0.05) is 12.1 Å². The molecule has 2 N–H and O–H groups in total. The molecule has 0 fully saturated rings. The first kappa shape index (κ1) is 16.9. The van der Waals surface area contributed by atoms with Gasteiger partial charge in [-0.05, 0) is 66.2 Å². The van der Waals surface area contributed by atoms with Crippen LogP contribution in [0.15, 0.2) is 91.4 Å². The molecular weight excluding hydrogens is 362 g/mol. The van der Waals surface area contributed by atoms with Crippen molar-refractivity contribution >= 4 is 22.7 Å². The zero-order chi connectivity index (χ0) is 19.5. The lowest BCUT2D eigenvalue weighted by Gasteiger charge is -2.10. The predicted octanol–water partition coefficient (Wildman–Crippen LogP) is 5.56. The highest BCUT2D eigenvalue weighted by molar-refractivity contribution is 5.78. The number of H-pyrrole nitrogens is 1. The van der Waals surface area contributed by atoms with E-state index in [1.54, 1.807) is 18.6 Å². The molecule has 140 valence electrons. The van der Waals surface area contributed by atoms with Gasteiger partial charge >= 0.3 is 0 Å². The summed E-state index contributed by atoms with van der Waals surface area (Å²) in [6.45, 7) is 0. The Kier molecular flexibility index (Phi) is 4.35. The fraction of sp³-hybridized carbons (Fsp3) is 0. The number of ether oxygens (including phenoxy) is 1. The van der Waals surface area contributed by atoms with Crippen molar-refractivity contribution in [1.29, 1.82) is 0 Å². The highest BCUT2D eigenvalue weighted by Gasteiger charge is 2.09. The molecule has 6 nitrogen and oxygen atoms in total. The number of benzene rings is 2. The number of hydrogen-bond acceptors (Lipinski definition) is 5. The van der Waals surface area contributed by atoms with E-state index in [-0.39, 0.29) is 0 Å². The predicted molar refractivity (Wildman–Crippen MR) is 113 cm³/mol. The lowest BCUT2D eigenvalue weighted by molar-refractivity contribution is 0.465. The third-order valence-corrected chi connectivity index (χ3v) is 4.48. The first-order valence-corrected chi connectivity index (χ1v) is 9.20. The van der Waals surface area contributed by atoms with Gasteiger partial charge in [0.05, 0.1) is 11.0 Å². The molecule has 0 saturated carbocycles. The molecule has 29 heavy (non-hydrogen) atoms. The van der Waals surface area contributed by atoms with Crippen LogP contribution in [-0.2, 0) is 0 Å². The lowest BCUT2D eigenvalue weighted by atomic mass is 10.1. The fourth-order valence-corrected chi connectivity index (χ4v) is 3.09. The van der Waals surface area contributed by atoms with Crippen molar-refractivity contribution in [2.45, 2.75) is 0 Å². The summed E-state index contributed by atoms with van der Waals surface area (Å²) in [6.07, 6.45) is 5.23. The third-order valence-electron chi connectivity index (χ3n) is 4.48. The van der Waals surface area contributed by atoms with E-state index >= 15 is 0 Å². The molecule has 5 rings (SSSR count). The number of imidazole rings is 1. The van der Waals surface area contributed by atoms with Crippen LogP contribution in [0.1, 0.15) is 0 Å². The van der Waals surface area contributed by atoms with Crippen LogP contribution >= 0.6 is 0 Å². The second-order valence-corrected chi connectivity index (χ2v) is 6.45. The Labute approximate surface area is 167 Å². The van der Waals surface area contributed by atoms with Crippen molar-refractivity contribution in [2.75, 3.05) is 5.32 Å². The molecule has 2 aromatic carbocycles. The summed E-state index contributed by atoms with van der Waals surface area (Å²) >= 11 is 0. The average molecular weight is 379 g/mol. The third kappa shape index (κ3) is 3.64. The molecule has 0 aliphatic rings. The van der Waals surface area contributed by atoms with Gasteiger partial charge in [0, 0.05) is 29.8 Å². The highest BCUT2D eigenvalue weighted by atomic mass is 16.5. The van der Waals surface area contributed by atoms with Crippen LogP contribution < -0.4 is 10.1 Å². The molecule has 3 heterocycles. The molecule has 0 atom stereocenters. The second-order valence-electron chi connectivity index (χ2n) is 6.45. The minimum Gasteiger partial charge on any atom is -0.438 e. The van der Waals surface area contributed by atoms with Crippen molar-refractivity contribution in [3.8, 4) is 22.8 Å². The minimum atomic E-state index is 0.552. The number of anilines is 2. The maximum absolute atomic E-state index is 6.03. The molecule has 0 radical (unpaired) electrons. The quantitative estimate of drug-likeness (QED) is 0.418. The molecule has 0 unspecified atom stereocenters. The molecule has 0 aliphatic carbocycles. The first-order chi connectivity index (χ1) is 14.3. The van der Waals surface area contributed by atoms with Crippen LogP contribution in [0.5, 0.6) is 11.6 Å². The summed E-state index contributed by atoms with van der Waals surface area (Å²) in [5.41, 5.74) is 4.75. The largest absolute Gasteiger partial charge is 0.438 e. The Hall–Kier alpha value is -4.19. The Morgan fingerprint density at radius 3 is 2.45 bits per heavy atom. The normalized spacial score (nSPS) is 10.8. The van der Waals surface area contributed by atoms with E-state index in [4.69, 9.17) is 4.74 Å². The number of pyridine rings is 2. The van der Waals surface area contributed by atoms with E-state index in [1.165, 1.54) is 0 Å². The second kappa shape index (κ2) is 7.44. The van der Waals surface area contributed by atoms with Gasteiger partial charge in [0.2, 0.25) is 11.8 Å². The van der Waals surface area contributed by atoms with Crippen molar-refractivity contribution in [2.24, 2.45) is 0 Å². The summed E-state index contributed by atoms with van der Waals surface area (Å²) in [7, 11) is 0. The summed E-state index contributed by atoms with van der Waals surface area (Å²) in [4.78, 5) is 16.2. The number of nitrogens with zero attached hydrogens (tertiary/aromatic N) is 3. The highest BCUT2D eigenvalue weighted by Crippen LogP contribution is 2.31. The van der Waals surface area contributed by atoms with Crippen LogP contribution in [0.25, 0.3) is 22.2 Å². The van der Waals surface area contributed by atoms with Gasteiger partial charge in [-0.25, -0.2) is 9.97 Å². The van der Waals surface area contributed by atoms with Crippen LogP contribution in [0, 0.1) is 0 Å². The van der Waals surface area contributed by atoms with Crippen LogP contribution in [-0.4, -0.2) is 19.9 Å². The number of rotatable bonds is 5. The number of hydrogen-bond donors (Lipinski definition) is 2. The van der Waals surface area contributed by atoms with Gasteiger partial charge in [-0.2, -0.15) is 0 Å². The monoisotopic (exact) mass is 379 g/mol. The maximum Gasteiger partial charge on any atom is 0.227 e. The molecule has 0 bridgehead atoms. The van der Waals surface area contributed by atoms with Crippen LogP contribution in [0.4, 0.5) is 11.6 Å². The molecular formula is C23H17N5O. The van der Waals surface area contributed by atoms with Crippen molar-refractivity contribution in [1.82, 2.24) is 19.9 Å². The summed E-state index contributed by atoms with van der Waals surface area (Å²) in [6, 6.07) is 23.3. The SMILES string of the molecule is c1cnc(Oc2ccc(Nc3nc4ccccc4[nH]3)cc2)c(-c2ccncc2)c1. The number of nitrogens with one attached hydrogen (secondary N) is 2. The Balaban J connectivity index is 1.35. The number of para-hydroxylation sites is 2. The number of fused-ring (bicyclic) bond motifs is 1. The van der Waals surface area contributed by atoms with Gasteiger partial charge in [-0.3, -0.25) is 4.98 Å². The summed E-state index contributed by atoms with van der Waals surface area (Å²) in [5.74, 6) is 1.95. The molecule has 0 aliphatic heterocycles. The summed E-state index contributed by atoms with van der Waals surface area (Å²) in [5, 5.41) is 3.28. The van der Waals surface area contributed by atoms with Gasteiger partial charge in [-0.15, -0.1) is 0 Å². The van der Waals surface area contributed by atoms with Crippen LogP contribution in [0.3, 0.4) is 0 Å². The number of aromatic nitrogens is 4. The maximum atomic E-state index is 6.03. The topological polar surface area (TPSA) is 75.7 Å². The Bertz CT molecular complexity index is 1220. The van der Waals surface area contributed by atoms with E-state index < -0.39 is 0 Å². The van der Waals surface area contributed by atoms with Gasteiger partial charge in [0.25, 0.3) is 0 Å². The molecule has 5 aromatic rings. The van der Waals surface area contributed by atoms with Gasteiger partial charge in [0.1, 0.15) is 5.75 Å². The van der Waals surface area contributed by atoms with Crippen molar-refractivity contribution in [3.63, 3.8) is 0 Å². The Morgan fingerprint density at radius 1 is 0.793 bits per heavy atom. The zero-order valence-corrected chi connectivity index (χ0v) is 15.4. The molecule has 0 spiro atoms. The lowest BCUT2D eigenvalue weighted by Crippen LogP contribution is -1.94. The van der Waals surface area contributed by atoms with E-state index in [0.29, 0.717) is 17.6 Å². The standard InChI is InChI=1S/C23H17N5O/c1-2-6-21-20(5-1)27-23(28-21)26-17-7-9-18(10-8-17)29-22-19(4-3-13-25-22)16-11-14-24-15-12-16/h1-15H,(H2,26,27,28). The Morgan fingerprint density at radius 2 is 1.62 bits per heavy atom. The van der Waals surface area contributed by atoms with E-state index in [1.807, 2.05) is 72.8 Å². The van der Waals surface area contributed by atoms with Crippen molar-refractivity contribution < 1.29 is 4.74 Å². The molecule has 6 heteroatoms. The van der Waals surface area contributed by atoms with Crippen molar-refractivity contribution in [3.05, 3.63) is 91.4 Å². The van der Waals surface area contributed by atoms with Gasteiger partial charge in [0.15, 0.2) is 0 Å². The molecule has 3 aromatic heterocycles. The van der Waals surface area contributed by atoms with Crippen LogP contribution in [0.2, 0.25) is 0 Å². The van der Waals surface area contributed by atoms with E-state index in [0.717, 1.165) is 27.8 Å². The molecule has 0 saturated heterocycles. The first-order valence-electron chi connectivity index (χ1n) is 9.20. The molecule has 0 amide bonds. The fourth-order valence-electron chi connectivity index (χ4n) is 3.09. The minimum absolute atomic E-state index is 0.552. The summed E-state index contributed by atoms with van der Waals surface area (Å²) < 4.78 is 6.03. The van der Waals surface area contributed by atoms with E-state index in [9.17, 15) is 0 Å². The van der Waals surface area contributed by atoms with E-state index in [2.05, 4.69) is 25.3 Å². The number of aromatic amines is 1. The smallest absolute Gasteiger partial charge is 0.227 e. The van der Waals surface area contributed by atoms with Gasteiger partial charge < -0.3 is 15.0 Å². The zero-order valence-electron chi connectivity index (χ0n) is 15.4.